The Bertz CT molecular complexity index is 270. The Hall–Kier alpha value is -0.290. The highest BCUT2D eigenvalue weighted by molar-refractivity contribution is 7.99. The van der Waals surface area contributed by atoms with Crippen molar-refractivity contribution in [2.45, 2.75) is 12.8 Å². The predicted molar refractivity (Wildman–Crippen MR) is 62.4 cm³/mol. The lowest BCUT2D eigenvalue weighted by atomic mass is 10.1. The van der Waals surface area contributed by atoms with Gasteiger partial charge in [-0.3, -0.25) is 4.79 Å². The summed E-state index contributed by atoms with van der Waals surface area (Å²) in [5, 5.41) is 0. The summed E-state index contributed by atoms with van der Waals surface area (Å²) in [7, 11) is 0. The zero-order valence-corrected chi connectivity index (χ0v) is 9.62. The van der Waals surface area contributed by atoms with E-state index in [-0.39, 0.29) is 5.91 Å². The van der Waals surface area contributed by atoms with Crippen molar-refractivity contribution in [1.82, 2.24) is 4.90 Å². The summed E-state index contributed by atoms with van der Waals surface area (Å²) in [6.45, 7) is 1.71. The molecule has 0 aromatic rings. The molecule has 3 nitrogen and oxygen atoms in total. The molecule has 1 aliphatic heterocycles. The SMILES string of the molecule is NC(=S)C1(C(=O)N2CCSCC2)CC1. The third-order valence-corrected chi connectivity index (χ3v) is 4.26. The molecule has 0 unspecified atom stereocenters. The number of carbonyl (C=O) groups is 1. The Kier molecular flexibility index (Phi) is 2.70. The minimum atomic E-state index is -0.447. The average Bonchev–Trinajstić information content (AvgIpc) is 2.99. The summed E-state index contributed by atoms with van der Waals surface area (Å²) in [5.74, 6) is 2.25. The first kappa shape index (κ1) is 10.2. The molecule has 2 rings (SSSR count). The van der Waals surface area contributed by atoms with Gasteiger partial charge in [-0.1, -0.05) is 12.2 Å². The van der Waals surface area contributed by atoms with Crippen molar-refractivity contribution < 1.29 is 4.79 Å². The monoisotopic (exact) mass is 230 g/mol. The average molecular weight is 230 g/mol. The lowest BCUT2D eigenvalue weighted by Gasteiger charge is -2.29. The largest absolute Gasteiger partial charge is 0.392 e. The quantitative estimate of drug-likeness (QED) is 0.707. The van der Waals surface area contributed by atoms with Crippen molar-refractivity contribution in [2.24, 2.45) is 11.1 Å². The zero-order valence-electron chi connectivity index (χ0n) is 7.99. The van der Waals surface area contributed by atoms with E-state index in [1.807, 2.05) is 16.7 Å². The van der Waals surface area contributed by atoms with Crippen LogP contribution in [0.4, 0.5) is 0 Å². The van der Waals surface area contributed by atoms with Gasteiger partial charge in [-0.2, -0.15) is 11.8 Å². The Morgan fingerprint density at radius 2 is 1.93 bits per heavy atom. The molecule has 5 heteroatoms. The highest BCUT2D eigenvalue weighted by Crippen LogP contribution is 2.47. The van der Waals surface area contributed by atoms with E-state index >= 15 is 0 Å². The van der Waals surface area contributed by atoms with Gasteiger partial charge in [0.1, 0.15) is 0 Å². The maximum Gasteiger partial charge on any atom is 0.235 e. The summed E-state index contributed by atoms with van der Waals surface area (Å²) in [6, 6.07) is 0. The van der Waals surface area contributed by atoms with Crippen molar-refractivity contribution >= 4 is 34.9 Å². The van der Waals surface area contributed by atoms with Gasteiger partial charge in [0.2, 0.25) is 5.91 Å². The van der Waals surface area contributed by atoms with E-state index in [0.717, 1.165) is 37.4 Å². The molecule has 1 amide bonds. The number of thiocarbonyl (C=S) groups is 1. The van der Waals surface area contributed by atoms with E-state index in [1.165, 1.54) is 0 Å². The van der Waals surface area contributed by atoms with Gasteiger partial charge >= 0.3 is 0 Å². The fourth-order valence-electron chi connectivity index (χ4n) is 1.76. The number of amides is 1. The lowest BCUT2D eigenvalue weighted by Crippen LogP contribution is -2.46. The molecule has 1 saturated heterocycles. The van der Waals surface area contributed by atoms with Crippen LogP contribution < -0.4 is 5.73 Å². The van der Waals surface area contributed by atoms with Gasteiger partial charge in [0.05, 0.1) is 10.4 Å². The number of thioether (sulfide) groups is 1. The molecule has 1 heterocycles. The fraction of sp³-hybridized carbons (Fsp3) is 0.778. The Balaban J connectivity index is 2.04. The van der Waals surface area contributed by atoms with Crippen molar-refractivity contribution in [1.29, 1.82) is 0 Å². The smallest absolute Gasteiger partial charge is 0.235 e. The molecule has 0 spiro atoms. The van der Waals surface area contributed by atoms with E-state index in [1.54, 1.807) is 0 Å². The minimum Gasteiger partial charge on any atom is -0.392 e. The number of nitrogens with two attached hydrogens (primary N) is 1. The van der Waals surface area contributed by atoms with Crippen molar-refractivity contribution in [3.8, 4) is 0 Å². The molecule has 78 valence electrons. The predicted octanol–water partition coefficient (Wildman–Crippen LogP) is 0.628. The van der Waals surface area contributed by atoms with Crippen LogP contribution in [0.2, 0.25) is 0 Å². The summed E-state index contributed by atoms with van der Waals surface area (Å²) in [6.07, 6.45) is 1.70. The van der Waals surface area contributed by atoms with E-state index in [0.29, 0.717) is 4.99 Å². The maximum absolute atomic E-state index is 12.1. The van der Waals surface area contributed by atoms with Crippen molar-refractivity contribution in [3.63, 3.8) is 0 Å². The molecule has 1 saturated carbocycles. The molecule has 0 aromatic carbocycles. The van der Waals surface area contributed by atoms with Gasteiger partial charge < -0.3 is 10.6 Å². The molecule has 0 radical (unpaired) electrons. The first-order valence-electron chi connectivity index (χ1n) is 4.84. The molecule has 0 bridgehead atoms. The first-order chi connectivity index (χ1) is 6.67. The molecule has 14 heavy (non-hydrogen) atoms. The van der Waals surface area contributed by atoms with Crippen LogP contribution in [0.3, 0.4) is 0 Å². The van der Waals surface area contributed by atoms with Crippen LogP contribution in [0.25, 0.3) is 0 Å². The molecule has 2 N–H and O–H groups in total. The fourth-order valence-corrected chi connectivity index (χ4v) is 2.95. The van der Waals surface area contributed by atoms with E-state index < -0.39 is 5.41 Å². The van der Waals surface area contributed by atoms with E-state index in [2.05, 4.69) is 0 Å². The zero-order chi connectivity index (χ0) is 10.2. The molecular weight excluding hydrogens is 216 g/mol. The number of rotatable bonds is 2. The Morgan fingerprint density at radius 3 is 2.36 bits per heavy atom. The second kappa shape index (κ2) is 3.70. The van der Waals surface area contributed by atoms with Crippen LogP contribution in [0.15, 0.2) is 0 Å². The summed E-state index contributed by atoms with van der Waals surface area (Å²) < 4.78 is 0. The van der Waals surface area contributed by atoms with Gasteiger partial charge in [-0.15, -0.1) is 0 Å². The van der Waals surface area contributed by atoms with Gasteiger partial charge in [-0.05, 0) is 12.8 Å². The summed E-state index contributed by atoms with van der Waals surface area (Å²) >= 11 is 6.86. The molecule has 2 aliphatic rings. The second-order valence-corrected chi connectivity index (χ2v) is 5.52. The van der Waals surface area contributed by atoms with Gasteiger partial charge in [-0.25, -0.2) is 0 Å². The van der Waals surface area contributed by atoms with Gasteiger partial charge in [0.15, 0.2) is 0 Å². The number of hydrogen-bond donors (Lipinski definition) is 1. The Morgan fingerprint density at radius 1 is 1.36 bits per heavy atom. The van der Waals surface area contributed by atoms with E-state index in [4.69, 9.17) is 18.0 Å². The van der Waals surface area contributed by atoms with Crippen LogP contribution in [-0.2, 0) is 4.79 Å². The molecule has 1 aliphatic carbocycles. The molecular formula is C9H14N2OS2. The van der Waals surface area contributed by atoms with Crippen LogP contribution >= 0.6 is 24.0 Å². The van der Waals surface area contributed by atoms with Crippen LogP contribution in [0, 0.1) is 5.41 Å². The highest BCUT2D eigenvalue weighted by Gasteiger charge is 2.54. The summed E-state index contributed by atoms with van der Waals surface area (Å²) in [5.41, 5.74) is 5.17. The van der Waals surface area contributed by atoms with Crippen molar-refractivity contribution in [3.05, 3.63) is 0 Å². The lowest BCUT2D eigenvalue weighted by molar-refractivity contribution is -0.134. The highest BCUT2D eigenvalue weighted by atomic mass is 32.2. The first-order valence-corrected chi connectivity index (χ1v) is 6.40. The topological polar surface area (TPSA) is 46.3 Å². The molecule has 2 fully saturated rings. The van der Waals surface area contributed by atoms with Crippen LogP contribution in [-0.4, -0.2) is 40.4 Å². The van der Waals surface area contributed by atoms with E-state index in [9.17, 15) is 4.79 Å². The van der Waals surface area contributed by atoms with Crippen LogP contribution in [0.1, 0.15) is 12.8 Å². The Labute approximate surface area is 93.4 Å². The van der Waals surface area contributed by atoms with Crippen LogP contribution in [0.5, 0.6) is 0 Å². The minimum absolute atomic E-state index is 0.172. The number of carbonyl (C=O) groups excluding carboxylic acids is 1. The second-order valence-electron chi connectivity index (χ2n) is 3.85. The number of nitrogens with zero attached hydrogens (tertiary/aromatic N) is 1. The third kappa shape index (κ3) is 1.63. The summed E-state index contributed by atoms with van der Waals surface area (Å²) in [4.78, 5) is 14.4. The van der Waals surface area contributed by atoms with Gasteiger partial charge in [0.25, 0.3) is 0 Å². The van der Waals surface area contributed by atoms with Gasteiger partial charge in [0, 0.05) is 24.6 Å². The molecule has 0 atom stereocenters. The third-order valence-electron chi connectivity index (χ3n) is 2.93. The standard InChI is InChI=1S/C9H14N2OS2/c10-7(13)9(1-2-9)8(12)11-3-5-14-6-4-11/h1-6H2,(H2,10,13). The molecule has 0 aromatic heterocycles. The normalized spacial score (nSPS) is 24.4. The number of hydrogen-bond acceptors (Lipinski definition) is 3. The van der Waals surface area contributed by atoms with Crippen molar-refractivity contribution in [2.75, 3.05) is 24.6 Å². The maximum atomic E-state index is 12.1.